The first-order valence-electron chi connectivity index (χ1n) is 14.8. The van der Waals surface area contributed by atoms with Gasteiger partial charge < -0.3 is 20.1 Å². The maximum Gasteiger partial charge on any atom is 0.324 e. The number of urea groups is 1. The Bertz CT molecular complexity index is 2110. The Kier molecular flexibility index (Phi) is 8.40. The molecule has 47 heavy (non-hydrogen) atoms. The average Bonchev–Trinajstić information content (AvgIpc) is 3.50. The SMILES string of the molecule is C#Cc1cccc(Nc2nccc(Oc3ccc(NC(=O)Nc4cc(C(C)(C)C)nn4-c4ccc(OC)nc4)c4ccccc34)n2)c1. The monoisotopic (exact) mass is 624 g/mol. The quantitative estimate of drug-likeness (QED) is 0.147. The third kappa shape index (κ3) is 6.97. The number of fused-ring (bicyclic) bond motifs is 1. The van der Waals surface area contributed by atoms with Crippen LogP contribution in [0.15, 0.2) is 97.3 Å². The first-order valence-corrected chi connectivity index (χ1v) is 14.8. The van der Waals surface area contributed by atoms with Crippen molar-refractivity contribution in [2.75, 3.05) is 23.1 Å². The molecule has 0 aliphatic rings. The number of nitrogens with zero attached hydrogens (tertiary/aromatic N) is 5. The molecular formula is C36H32N8O3. The number of hydrogen-bond acceptors (Lipinski definition) is 8. The first kappa shape index (κ1) is 30.6. The van der Waals surface area contributed by atoms with Crippen LogP contribution in [0.4, 0.5) is 27.9 Å². The standard InChI is InChI=1S/C36H32N8O3/c1-6-23-10-9-11-24(20-23)39-34-37-19-18-33(42-34)47-29-16-15-28(26-12-7-8-13-27(26)29)40-35(45)41-31-21-30(36(2,3)4)43-44(31)25-14-17-32(46-5)38-22-25/h1,7-22H,2-5H3,(H,37,39,42)(H2,40,41,45). The number of rotatable bonds is 8. The van der Waals surface area contributed by atoms with Gasteiger partial charge in [-0.25, -0.2) is 19.4 Å². The lowest BCUT2D eigenvalue weighted by Crippen LogP contribution is -2.21. The highest BCUT2D eigenvalue weighted by molar-refractivity contribution is 6.07. The highest BCUT2D eigenvalue weighted by Crippen LogP contribution is 2.34. The van der Waals surface area contributed by atoms with Crippen molar-refractivity contribution >= 4 is 39.9 Å². The fourth-order valence-corrected chi connectivity index (χ4v) is 4.78. The normalized spacial score (nSPS) is 11.0. The molecule has 3 heterocycles. The molecule has 11 heteroatoms. The second-order valence-electron chi connectivity index (χ2n) is 11.5. The molecule has 3 aromatic carbocycles. The molecule has 0 radical (unpaired) electrons. The number of terminal acetylenes is 1. The Morgan fingerprint density at radius 2 is 1.72 bits per heavy atom. The van der Waals surface area contributed by atoms with E-state index in [2.05, 4.69) is 57.6 Å². The summed E-state index contributed by atoms with van der Waals surface area (Å²) in [6.45, 7) is 6.18. The van der Waals surface area contributed by atoms with E-state index in [1.807, 2.05) is 60.7 Å². The van der Waals surface area contributed by atoms with Crippen LogP contribution in [0.2, 0.25) is 0 Å². The van der Waals surface area contributed by atoms with Gasteiger partial charge in [-0.3, -0.25) is 5.32 Å². The first-order chi connectivity index (χ1) is 22.7. The summed E-state index contributed by atoms with van der Waals surface area (Å²) in [5.74, 6) is 4.84. The summed E-state index contributed by atoms with van der Waals surface area (Å²) < 4.78 is 13.1. The van der Waals surface area contributed by atoms with Crippen LogP contribution in [0, 0.1) is 12.3 Å². The fourth-order valence-electron chi connectivity index (χ4n) is 4.78. The number of aromatic nitrogens is 5. The van der Waals surface area contributed by atoms with Crippen LogP contribution >= 0.6 is 0 Å². The third-order valence-corrected chi connectivity index (χ3v) is 7.16. The molecule has 0 saturated heterocycles. The average molecular weight is 625 g/mol. The van der Waals surface area contributed by atoms with Gasteiger partial charge in [-0.1, -0.05) is 57.0 Å². The van der Waals surface area contributed by atoms with Crippen LogP contribution in [-0.4, -0.2) is 37.9 Å². The Morgan fingerprint density at radius 3 is 2.47 bits per heavy atom. The van der Waals surface area contributed by atoms with Crippen LogP contribution in [0.5, 0.6) is 17.5 Å². The molecule has 2 amide bonds. The summed E-state index contributed by atoms with van der Waals surface area (Å²) in [5, 5.41) is 15.4. The highest BCUT2D eigenvalue weighted by Gasteiger charge is 2.22. The zero-order valence-corrected chi connectivity index (χ0v) is 26.3. The van der Waals surface area contributed by atoms with Crippen molar-refractivity contribution in [3.63, 3.8) is 0 Å². The van der Waals surface area contributed by atoms with E-state index in [1.165, 1.54) is 0 Å². The number of anilines is 4. The molecule has 3 aromatic heterocycles. The van der Waals surface area contributed by atoms with Gasteiger partial charge in [0.15, 0.2) is 0 Å². The van der Waals surface area contributed by atoms with E-state index in [0.29, 0.717) is 40.7 Å². The molecule has 3 N–H and O–H groups in total. The summed E-state index contributed by atoms with van der Waals surface area (Å²) >= 11 is 0. The minimum atomic E-state index is -0.438. The summed E-state index contributed by atoms with van der Waals surface area (Å²) in [4.78, 5) is 26.5. The second kappa shape index (κ2) is 12.9. The molecule has 0 atom stereocenters. The van der Waals surface area contributed by atoms with E-state index in [-0.39, 0.29) is 5.41 Å². The Balaban J connectivity index is 1.23. The van der Waals surface area contributed by atoms with Gasteiger partial charge >= 0.3 is 6.03 Å². The van der Waals surface area contributed by atoms with Crippen LogP contribution in [0.1, 0.15) is 32.0 Å². The van der Waals surface area contributed by atoms with Gasteiger partial charge in [0, 0.05) is 51.8 Å². The van der Waals surface area contributed by atoms with Gasteiger partial charge in [0.05, 0.1) is 30.4 Å². The van der Waals surface area contributed by atoms with Crippen molar-refractivity contribution in [3.8, 4) is 35.5 Å². The van der Waals surface area contributed by atoms with Crippen LogP contribution < -0.4 is 25.4 Å². The lowest BCUT2D eigenvalue weighted by molar-refractivity contribution is 0.262. The zero-order valence-electron chi connectivity index (χ0n) is 26.3. The zero-order chi connectivity index (χ0) is 33.0. The van der Waals surface area contributed by atoms with Crippen LogP contribution in [0.25, 0.3) is 16.5 Å². The summed E-state index contributed by atoms with van der Waals surface area (Å²) in [7, 11) is 1.56. The van der Waals surface area contributed by atoms with Crippen LogP contribution in [0.3, 0.4) is 0 Å². The molecule has 0 unspecified atom stereocenters. The topological polar surface area (TPSA) is 128 Å². The van der Waals surface area contributed by atoms with E-state index < -0.39 is 6.03 Å². The number of carbonyl (C=O) groups is 1. The maximum absolute atomic E-state index is 13.4. The van der Waals surface area contributed by atoms with Crippen LogP contribution in [-0.2, 0) is 5.41 Å². The molecule has 0 spiro atoms. The maximum atomic E-state index is 13.4. The predicted octanol–water partition coefficient (Wildman–Crippen LogP) is 7.68. The number of amides is 2. The summed E-state index contributed by atoms with van der Waals surface area (Å²) in [6.07, 6.45) is 8.77. The Morgan fingerprint density at radius 1 is 0.894 bits per heavy atom. The van der Waals surface area contributed by atoms with Crippen molar-refractivity contribution in [3.05, 3.63) is 109 Å². The van der Waals surface area contributed by atoms with E-state index in [0.717, 1.165) is 27.7 Å². The minimum Gasteiger partial charge on any atom is -0.481 e. The molecule has 234 valence electrons. The predicted molar refractivity (Wildman–Crippen MR) is 183 cm³/mol. The number of carbonyl (C=O) groups excluding carboxylic acids is 1. The molecule has 0 bridgehead atoms. The smallest absolute Gasteiger partial charge is 0.324 e. The van der Waals surface area contributed by atoms with Gasteiger partial charge in [0.2, 0.25) is 17.7 Å². The Hall–Kier alpha value is -6.41. The third-order valence-electron chi connectivity index (χ3n) is 7.16. The largest absolute Gasteiger partial charge is 0.481 e. The van der Waals surface area contributed by atoms with E-state index >= 15 is 0 Å². The fraction of sp³-hybridized carbons (Fsp3) is 0.139. The van der Waals surface area contributed by atoms with Crippen molar-refractivity contribution in [1.82, 2.24) is 24.7 Å². The lowest BCUT2D eigenvalue weighted by Gasteiger charge is -2.14. The molecule has 0 saturated carbocycles. The molecule has 0 fully saturated rings. The van der Waals surface area contributed by atoms with Gasteiger partial charge in [-0.15, -0.1) is 6.42 Å². The lowest BCUT2D eigenvalue weighted by atomic mass is 9.92. The van der Waals surface area contributed by atoms with Gasteiger partial charge in [-0.05, 0) is 36.4 Å². The van der Waals surface area contributed by atoms with Gasteiger partial charge in [-0.2, -0.15) is 10.1 Å². The Labute approximate surface area is 272 Å². The van der Waals surface area contributed by atoms with Crippen molar-refractivity contribution < 1.29 is 14.3 Å². The van der Waals surface area contributed by atoms with Gasteiger partial charge in [0.25, 0.3) is 0 Å². The molecule has 0 aliphatic carbocycles. The molecule has 6 rings (SSSR count). The summed E-state index contributed by atoms with van der Waals surface area (Å²) in [5.41, 5.74) is 3.32. The van der Waals surface area contributed by atoms with Crippen molar-refractivity contribution in [1.29, 1.82) is 0 Å². The second-order valence-corrected chi connectivity index (χ2v) is 11.5. The number of benzene rings is 3. The van der Waals surface area contributed by atoms with Gasteiger partial charge in [0.1, 0.15) is 11.6 Å². The molecular weight excluding hydrogens is 592 g/mol. The van der Waals surface area contributed by atoms with Crippen molar-refractivity contribution in [2.24, 2.45) is 0 Å². The number of pyridine rings is 1. The summed E-state index contributed by atoms with van der Waals surface area (Å²) in [6, 6.07) is 25.3. The number of ether oxygens (including phenoxy) is 2. The van der Waals surface area contributed by atoms with Crippen molar-refractivity contribution in [2.45, 2.75) is 26.2 Å². The van der Waals surface area contributed by atoms with E-state index in [9.17, 15) is 4.79 Å². The molecule has 0 aliphatic heterocycles. The minimum absolute atomic E-state index is 0.252. The highest BCUT2D eigenvalue weighted by atomic mass is 16.5. The molecule has 6 aromatic rings. The number of methoxy groups -OCH3 is 1. The number of nitrogens with one attached hydrogen (secondary N) is 3. The van der Waals surface area contributed by atoms with E-state index in [1.54, 1.807) is 48.5 Å². The van der Waals surface area contributed by atoms with E-state index in [4.69, 9.17) is 21.0 Å². The molecule has 11 nitrogen and oxygen atoms in total. The number of hydrogen-bond donors (Lipinski definition) is 3.